The second-order valence-corrected chi connectivity index (χ2v) is 7.24. The lowest BCUT2D eigenvalue weighted by atomic mass is 9.96. The van der Waals surface area contributed by atoms with Crippen molar-refractivity contribution in [3.8, 4) is 11.4 Å². The average Bonchev–Trinajstić information content (AvgIpc) is 3.36. The molecule has 0 radical (unpaired) electrons. The quantitative estimate of drug-likeness (QED) is 0.355. The fourth-order valence-corrected chi connectivity index (χ4v) is 3.91. The van der Waals surface area contributed by atoms with E-state index in [1.54, 1.807) is 12.1 Å². The molecule has 3 aromatic rings. The molecule has 4 rings (SSSR count). The van der Waals surface area contributed by atoms with E-state index >= 15 is 0 Å². The second-order valence-electron chi connectivity index (χ2n) is 6.30. The van der Waals surface area contributed by atoms with E-state index in [1.807, 2.05) is 4.68 Å². The van der Waals surface area contributed by atoms with Gasteiger partial charge in [0.2, 0.25) is 16.9 Å². The molecular weight excluding hydrogens is 370 g/mol. The third-order valence-corrected chi connectivity index (χ3v) is 5.43. The molecule has 0 N–H and O–H groups in total. The Balaban J connectivity index is 1.41. The van der Waals surface area contributed by atoms with Crippen molar-refractivity contribution in [2.24, 2.45) is 0 Å². The predicted molar refractivity (Wildman–Crippen MR) is 95.9 cm³/mol. The van der Waals surface area contributed by atoms with Crippen LogP contribution in [0.3, 0.4) is 0 Å². The molecule has 0 aliphatic heterocycles. The zero-order chi connectivity index (χ0) is 18.6. The zero-order valence-corrected chi connectivity index (χ0v) is 15.2. The molecule has 0 amide bonds. The average molecular weight is 387 g/mol. The first-order valence-electron chi connectivity index (χ1n) is 8.69. The monoisotopic (exact) mass is 387 g/mol. The van der Waals surface area contributed by atoms with E-state index in [4.69, 9.17) is 4.52 Å². The van der Waals surface area contributed by atoms with Gasteiger partial charge < -0.3 is 4.52 Å². The first-order valence-corrected chi connectivity index (χ1v) is 9.67. The van der Waals surface area contributed by atoms with Gasteiger partial charge in [-0.1, -0.05) is 36.2 Å². The molecule has 0 spiro atoms. The molecule has 1 fully saturated rings. The molecule has 27 heavy (non-hydrogen) atoms. The van der Waals surface area contributed by atoms with Gasteiger partial charge in [0.25, 0.3) is 5.69 Å². The van der Waals surface area contributed by atoms with Gasteiger partial charge in [-0.25, -0.2) is 4.68 Å². The van der Waals surface area contributed by atoms with Gasteiger partial charge in [-0.3, -0.25) is 10.1 Å². The molecule has 140 valence electrons. The highest BCUT2D eigenvalue weighted by Crippen LogP contribution is 2.31. The molecule has 11 heteroatoms. The normalized spacial score (nSPS) is 15.1. The van der Waals surface area contributed by atoms with Crippen LogP contribution in [0.1, 0.15) is 44.0 Å². The van der Waals surface area contributed by atoms with Crippen LogP contribution in [0.15, 0.2) is 33.9 Å². The highest BCUT2D eigenvalue weighted by Gasteiger charge is 2.21. The largest absolute Gasteiger partial charge is 0.338 e. The zero-order valence-electron chi connectivity index (χ0n) is 14.4. The third-order valence-electron chi connectivity index (χ3n) is 4.51. The number of nitro benzene ring substituents is 1. The highest BCUT2D eigenvalue weighted by atomic mass is 32.2. The van der Waals surface area contributed by atoms with Gasteiger partial charge in [0.15, 0.2) is 0 Å². The Hall–Kier alpha value is -2.82. The standard InChI is InChI=1S/C16H17N7O3S/c24-23(25)13-8-6-11(7-9-13)15-17-14(26-19-15)10-27-16-18-20-21-22(16)12-4-2-1-3-5-12/h6-9,12H,1-5,10H2. The van der Waals surface area contributed by atoms with E-state index in [2.05, 4.69) is 25.7 Å². The van der Waals surface area contributed by atoms with Gasteiger partial charge in [0.1, 0.15) is 0 Å². The Morgan fingerprint density at radius 3 is 2.74 bits per heavy atom. The molecule has 1 aliphatic carbocycles. The van der Waals surface area contributed by atoms with Crippen LogP contribution in [-0.4, -0.2) is 35.3 Å². The SMILES string of the molecule is O=[N+]([O-])c1ccc(-c2noc(CSc3nnnn3C3CCCCC3)n2)cc1. The molecule has 2 aromatic heterocycles. The molecule has 0 atom stereocenters. The Kier molecular flexibility index (Phi) is 5.10. The van der Waals surface area contributed by atoms with E-state index in [0.29, 0.717) is 29.1 Å². The van der Waals surface area contributed by atoms with Crippen molar-refractivity contribution in [2.45, 2.75) is 49.1 Å². The van der Waals surface area contributed by atoms with Crippen molar-refractivity contribution < 1.29 is 9.45 Å². The molecule has 1 aromatic carbocycles. The third kappa shape index (κ3) is 3.97. The van der Waals surface area contributed by atoms with E-state index in [1.165, 1.54) is 43.2 Å². The van der Waals surface area contributed by atoms with Crippen LogP contribution in [0.25, 0.3) is 11.4 Å². The number of non-ortho nitro benzene ring substituents is 1. The van der Waals surface area contributed by atoms with Crippen LogP contribution in [0, 0.1) is 10.1 Å². The predicted octanol–water partition coefficient (Wildman–Crippen LogP) is 3.43. The number of benzene rings is 1. The molecule has 1 aliphatic rings. The molecule has 0 bridgehead atoms. The minimum absolute atomic E-state index is 0.0209. The topological polar surface area (TPSA) is 126 Å². The van der Waals surface area contributed by atoms with Crippen molar-refractivity contribution in [3.63, 3.8) is 0 Å². The van der Waals surface area contributed by atoms with Crippen molar-refractivity contribution in [1.82, 2.24) is 30.3 Å². The summed E-state index contributed by atoms with van der Waals surface area (Å²) in [5.41, 5.74) is 0.681. The Morgan fingerprint density at radius 2 is 2.00 bits per heavy atom. The second kappa shape index (κ2) is 7.82. The molecule has 0 saturated heterocycles. The maximum Gasteiger partial charge on any atom is 0.269 e. The van der Waals surface area contributed by atoms with Gasteiger partial charge in [0.05, 0.1) is 16.7 Å². The summed E-state index contributed by atoms with van der Waals surface area (Å²) in [6.07, 6.45) is 5.88. The minimum Gasteiger partial charge on any atom is -0.338 e. The summed E-state index contributed by atoms with van der Waals surface area (Å²) in [5.74, 6) is 1.30. The van der Waals surface area contributed by atoms with Gasteiger partial charge in [-0.15, -0.1) is 5.10 Å². The molecular formula is C16H17N7O3S. The van der Waals surface area contributed by atoms with E-state index in [9.17, 15) is 10.1 Å². The number of hydrogen-bond acceptors (Lipinski definition) is 9. The van der Waals surface area contributed by atoms with E-state index < -0.39 is 4.92 Å². The van der Waals surface area contributed by atoms with Crippen molar-refractivity contribution >= 4 is 17.4 Å². The summed E-state index contributed by atoms with van der Waals surface area (Å²) in [5, 5.41) is 27.5. The number of hydrogen-bond donors (Lipinski definition) is 0. The number of tetrazole rings is 1. The Morgan fingerprint density at radius 1 is 1.22 bits per heavy atom. The lowest BCUT2D eigenvalue weighted by Gasteiger charge is -2.21. The van der Waals surface area contributed by atoms with E-state index in [-0.39, 0.29) is 5.69 Å². The van der Waals surface area contributed by atoms with Gasteiger partial charge in [0, 0.05) is 17.7 Å². The van der Waals surface area contributed by atoms with E-state index in [0.717, 1.165) is 18.0 Å². The van der Waals surface area contributed by atoms with Crippen LogP contribution in [0.5, 0.6) is 0 Å². The number of nitro groups is 1. The minimum atomic E-state index is -0.446. The van der Waals surface area contributed by atoms with Crippen LogP contribution >= 0.6 is 11.8 Å². The van der Waals surface area contributed by atoms with Gasteiger partial charge >= 0.3 is 0 Å². The smallest absolute Gasteiger partial charge is 0.269 e. The molecule has 10 nitrogen and oxygen atoms in total. The first kappa shape index (κ1) is 17.6. The fourth-order valence-electron chi connectivity index (χ4n) is 3.12. The summed E-state index contributed by atoms with van der Waals surface area (Å²) in [6, 6.07) is 6.39. The summed E-state index contributed by atoms with van der Waals surface area (Å²) >= 11 is 1.46. The summed E-state index contributed by atoms with van der Waals surface area (Å²) in [4.78, 5) is 14.6. The summed E-state index contributed by atoms with van der Waals surface area (Å²) < 4.78 is 7.19. The maximum absolute atomic E-state index is 10.7. The van der Waals surface area contributed by atoms with Crippen LogP contribution in [0.4, 0.5) is 5.69 Å². The fraction of sp³-hybridized carbons (Fsp3) is 0.438. The molecule has 1 saturated carbocycles. The maximum atomic E-state index is 10.7. The highest BCUT2D eigenvalue weighted by molar-refractivity contribution is 7.98. The van der Waals surface area contributed by atoms with Crippen LogP contribution in [-0.2, 0) is 5.75 Å². The lowest BCUT2D eigenvalue weighted by molar-refractivity contribution is -0.384. The lowest BCUT2D eigenvalue weighted by Crippen LogP contribution is -2.15. The van der Waals surface area contributed by atoms with Crippen molar-refractivity contribution in [3.05, 3.63) is 40.3 Å². The van der Waals surface area contributed by atoms with Gasteiger partial charge in [-0.05, 0) is 35.4 Å². The van der Waals surface area contributed by atoms with Crippen molar-refractivity contribution in [1.29, 1.82) is 0 Å². The van der Waals surface area contributed by atoms with Gasteiger partial charge in [-0.2, -0.15) is 4.98 Å². The number of thioether (sulfide) groups is 1. The van der Waals surface area contributed by atoms with Crippen LogP contribution in [0.2, 0.25) is 0 Å². The summed E-state index contributed by atoms with van der Waals surface area (Å²) in [6.45, 7) is 0. The van der Waals surface area contributed by atoms with Crippen molar-refractivity contribution in [2.75, 3.05) is 0 Å². The number of nitrogens with zero attached hydrogens (tertiary/aromatic N) is 7. The Labute approximate surface area is 158 Å². The first-order chi connectivity index (χ1) is 13.2. The summed E-state index contributed by atoms with van der Waals surface area (Å²) in [7, 11) is 0. The van der Waals surface area contributed by atoms with Crippen LogP contribution < -0.4 is 0 Å². The number of rotatable bonds is 6. The molecule has 2 heterocycles. The number of aromatic nitrogens is 6. The Bertz CT molecular complexity index is 918. The molecule has 0 unspecified atom stereocenters.